The van der Waals surface area contributed by atoms with Gasteiger partial charge in [-0.05, 0) is 29.5 Å². The second-order valence-electron chi connectivity index (χ2n) is 5.68. The molecule has 5 heteroatoms. The van der Waals surface area contributed by atoms with Crippen LogP contribution in [0.4, 0.5) is 0 Å². The highest BCUT2D eigenvalue weighted by molar-refractivity contribution is 6.31. The first kappa shape index (κ1) is 17.0. The number of methoxy groups -OCH3 is 1. The molecule has 1 aromatic carbocycles. The van der Waals surface area contributed by atoms with Gasteiger partial charge in [0.15, 0.2) is 0 Å². The monoisotopic (exact) mass is 298 g/mol. The average Bonchev–Trinajstić information content (AvgIpc) is 2.38. The highest BCUT2D eigenvalue weighted by atomic mass is 35.5. The van der Waals surface area contributed by atoms with E-state index in [2.05, 4.69) is 19.2 Å². The third-order valence-corrected chi connectivity index (χ3v) is 3.59. The maximum atomic E-state index is 11.0. The third kappa shape index (κ3) is 5.49. The van der Waals surface area contributed by atoms with Crippen LogP contribution in [0.2, 0.25) is 5.02 Å². The average molecular weight is 299 g/mol. The number of benzene rings is 1. The van der Waals surface area contributed by atoms with Crippen LogP contribution in [-0.4, -0.2) is 26.2 Å². The zero-order valence-corrected chi connectivity index (χ0v) is 13.1. The zero-order chi connectivity index (χ0) is 15.2. The molecular weight excluding hydrogens is 276 g/mol. The normalized spacial score (nSPS) is 11.6. The summed E-state index contributed by atoms with van der Waals surface area (Å²) in [5.74, 6) is -0.466. The van der Waals surface area contributed by atoms with Crippen LogP contribution in [0.5, 0.6) is 0 Å². The van der Waals surface area contributed by atoms with Gasteiger partial charge in [-0.2, -0.15) is 0 Å². The van der Waals surface area contributed by atoms with Crippen LogP contribution in [0.3, 0.4) is 0 Å². The number of hydrogen-bond acceptors (Lipinski definition) is 3. The Labute approximate surface area is 125 Å². The lowest BCUT2D eigenvalue weighted by atomic mass is 9.89. The second kappa shape index (κ2) is 7.62. The number of nitrogens with two attached hydrogens (primary N) is 1. The first-order valence-corrected chi connectivity index (χ1v) is 7.01. The fraction of sp³-hybridized carbons (Fsp3) is 0.533. The van der Waals surface area contributed by atoms with Crippen molar-refractivity contribution in [3.05, 3.63) is 34.3 Å². The number of amides is 1. The van der Waals surface area contributed by atoms with Gasteiger partial charge in [-0.1, -0.05) is 31.5 Å². The van der Waals surface area contributed by atoms with Crippen LogP contribution in [0, 0.1) is 5.41 Å². The number of primary amides is 1. The SMILES string of the molecule is COCCC(C)(C)CNCc1ccc(C(N)=O)cc1Cl. The van der Waals surface area contributed by atoms with Crippen molar-refractivity contribution in [1.29, 1.82) is 0 Å². The van der Waals surface area contributed by atoms with Crippen molar-refractivity contribution in [2.24, 2.45) is 11.1 Å². The Hall–Kier alpha value is -1.10. The maximum Gasteiger partial charge on any atom is 0.248 e. The summed E-state index contributed by atoms with van der Waals surface area (Å²) < 4.78 is 5.10. The molecule has 0 radical (unpaired) electrons. The van der Waals surface area contributed by atoms with E-state index in [1.807, 2.05) is 6.07 Å². The summed E-state index contributed by atoms with van der Waals surface area (Å²) in [5.41, 5.74) is 6.76. The Kier molecular flexibility index (Phi) is 6.46. The van der Waals surface area contributed by atoms with Crippen LogP contribution in [0.1, 0.15) is 36.2 Å². The van der Waals surface area contributed by atoms with Crippen molar-refractivity contribution >= 4 is 17.5 Å². The van der Waals surface area contributed by atoms with E-state index in [1.54, 1.807) is 19.2 Å². The van der Waals surface area contributed by atoms with Gasteiger partial charge in [-0.15, -0.1) is 0 Å². The molecule has 20 heavy (non-hydrogen) atoms. The first-order valence-electron chi connectivity index (χ1n) is 6.63. The van der Waals surface area contributed by atoms with Crippen molar-refractivity contribution in [3.8, 4) is 0 Å². The number of carbonyl (C=O) groups excluding carboxylic acids is 1. The molecule has 0 heterocycles. The quantitative estimate of drug-likeness (QED) is 0.775. The molecule has 1 amide bonds. The van der Waals surface area contributed by atoms with Crippen LogP contribution in [0.25, 0.3) is 0 Å². The first-order chi connectivity index (χ1) is 9.35. The van der Waals surface area contributed by atoms with Gasteiger partial charge in [0.1, 0.15) is 0 Å². The van der Waals surface area contributed by atoms with E-state index in [9.17, 15) is 4.79 Å². The van der Waals surface area contributed by atoms with Gasteiger partial charge in [0.25, 0.3) is 0 Å². The van der Waals surface area contributed by atoms with Gasteiger partial charge in [0.05, 0.1) is 0 Å². The molecular formula is C15H23ClN2O2. The Balaban J connectivity index is 2.52. The van der Waals surface area contributed by atoms with Crippen LogP contribution >= 0.6 is 11.6 Å². The van der Waals surface area contributed by atoms with E-state index in [4.69, 9.17) is 22.1 Å². The fourth-order valence-corrected chi connectivity index (χ4v) is 2.09. The Morgan fingerprint density at radius 3 is 2.70 bits per heavy atom. The number of rotatable bonds is 8. The van der Waals surface area contributed by atoms with E-state index in [1.165, 1.54) is 0 Å². The van der Waals surface area contributed by atoms with Crippen molar-refractivity contribution in [3.63, 3.8) is 0 Å². The minimum absolute atomic E-state index is 0.162. The van der Waals surface area contributed by atoms with Crippen molar-refractivity contribution < 1.29 is 9.53 Å². The molecule has 0 spiro atoms. The summed E-state index contributed by atoms with van der Waals surface area (Å²) in [5, 5.41) is 3.94. The Morgan fingerprint density at radius 1 is 1.45 bits per heavy atom. The molecule has 0 bridgehead atoms. The summed E-state index contributed by atoms with van der Waals surface area (Å²) in [6.45, 7) is 6.66. The molecule has 0 aliphatic carbocycles. The molecule has 0 aliphatic heterocycles. The zero-order valence-electron chi connectivity index (χ0n) is 12.3. The Morgan fingerprint density at radius 2 is 2.15 bits per heavy atom. The lowest BCUT2D eigenvalue weighted by Gasteiger charge is -2.24. The molecule has 0 unspecified atom stereocenters. The van der Waals surface area contributed by atoms with Crippen molar-refractivity contribution in [1.82, 2.24) is 5.32 Å². The van der Waals surface area contributed by atoms with Crippen LogP contribution in [0.15, 0.2) is 18.2 Å². The number of hydrogen-bond donors (Lipinski definition) is 2. The van der Waals surface area contributed by atoms with Gasteiger partial charge in [-0.25, -0.2) is 0 Å². The number of carbonyl (C=O) groups is 1. The molecule has 0 aliphatic rings. The van der Waals surface area contributed by atoms with Gasteiger partial charge in [0, 0.05) is 37.4 Å². The van der Waals surface area contributed by atoms with Crippen LogP contribution < -0.4 is 11.1 Å². The van der Waals surface area contributed by atoms with Gasteiger partial charge >= 0.3 is 0 Å². The molecule has 0 saturated carbocycles. The van der Waals surface area contributed by atoms with Crippen molar-refractivity contribution in [2.75, 3.05) is 20.3 Å². The topological polar surface area (TPSA) is 64.3 Å². The highest BCUT2D eigenvalue weighted by Crippen LogP contribution is 2.21. The van der Waals surface area contributed by atoms with Crippen LogP contribution in [-0.2, 0) is 11.3 Å². The lowest BCUT2D eigenvalue weighted by Crippen LogP contribution is -2.30. The molecule has 4 nitrogen and oxygen atoms in total. The summed E-state index contributed by atoms with van der Waals surface area (Å²) >= 11 is 6.14. The molecule has 0 aromatic heterocycles. The minimum Gasteiger partial charge on any atom is -0.385 e. The molecule has 1 aromatic rings. The summed E-state index contributed by atoms with van der Waals surface area (Å²) in [6, 6.07) is 5.13. The summed E-state index contributed by atoms with van der Waals surface area (Å²) in [7, 11) is 1.71. The highest BCUT2D eigenvalue weighted by Gasteiger charge is 2.17. The van der Waals surface area contributed by atoms with Gasteiger partial charge in [-0.3, -0.25) is 4.79 Å². The fourth-order valence-electron chi connectivity index (χ4n) is 1.85. The maximum absolute atomic E-state index is 11.0. The smallest absolute Gasteiger partial charge is 0.248 e. The van der Waals surface area contributed by atoms with E-state index in [-0.39, 0.29) is 5.41 Å². The lowest BCUT2D eigenvalue weighted by molar-refractivity contribution is 0.100. The number of ether oxygens (including phenoxy) is 1. The van der Waals surface area contributed by atoms with E-state index < -0.39 is 5.91 Å². The molecule has 112 valence electrons. The number of nitrogens with one attached hydrogen (secondary N) is 1. The van der Waals surface area contributed by atoms with E-state index in [0.717, 1.165) is 25.1 Å². The minimum atomic E-state index is -0.466. The van der Waals surface area contributed by atoms with E-state index in [0.29, 0.717) is 17.1 Å². The van der Waals surface area contributed by atoms with Gasteiger partial charge in [0.2, 0.25) is 5.91 Å². The molecule has 0 fully saturated rings. The summed E-state index contributed by atoms with van der Waals surface area (Å²) in [6.07, 6.45) is 0.991. The van der Waals surface area contributed by atoms with Gasteiger partial charge < -0.3 is 15.8 Å². The third-order valence-electron chi connectivity index (χ3n) is 3.24. The predicted octanol–water partition coefficient (Wildman–Crippen LogP) is 2.59. The predicted molar refractivity (Wildman–Crippen MR) is 82.0 cm³/mol. The molecule has 0 atom stereocenters. The Bertz CT molecular complexity index is 461. The second-order valence-corrected chi connectivity index (χ2v) is 6.09. The largest absolute Gasteiger partial charge is 0.385 e. The van der Waals surface area contributed by atoms with E-state index >= 15 is 0 Å². The molecule has 3 N–H and O–H groups in total. The molecule has 1 rings (SSSR count). The van der Waals surface area contributed by atoms with Crippen molar-refractivity contribution in [2.45, 2.75) is 26.8 Å². The standard InChI is InChI=1S/C15H23ClN2O2/c1-15(2,6-7-20-3)10-18-9-12-5-4-11(14(17)19)8-13(12)16/h4-5,8,18H,6-7,9-10H2,1-3H3,(H2,17,19). The number of halogens is 1. The summed E-state index contributed by atoms with van der Waals surface area (Å²) in [4.78, 5) is 11.0. The molecule has 0 saturated heterocycles.